The molecule has 8 heteroatoms. The fourth-order valence-electron chi connectivity index (χ4n) is 2.78. The van der Waals surface area contributed by atoms with E-state index in [2.05, 4.69) is 17.0 Å². The number of hydrogen-bond acceptors (Lipinski definition) is 3. The summed E-state index contributed by atoms with van der Waals surface area (Å²) < 4.78 is 43.4. The average molecular weight is 351 g/mol. The van der Waals surface area contributed by atoms with Crippen molar-refractivity contribution >= 4 is 11.5 Å². The molecule has 0 aromatic carbocycles. The normalized spacial score (nSPS) is 12.1. The van der Waals surface area contributed by atoms with Gasteiger partial charge >= 0.3 is 6.18 Å². The first-order valence-corrected chi connectivity index (χ1v) is 8.07. The van der Waals surface area contributed by atoms with E-state index in [0.717, 1.165) is 18.4 Å². The van der Waals surface area contributed by atoms with E-state index < -0.39 is 11.9 Å². The molecular weight excluding hydrogens is 331 g/mol. The zero-order valence-corrected chi connectivity index (χ0v) is 14.4. The van der Waals surface area contributed by atoms with Crippen molar-refractivity contribution in [2.24, 2.45) is 0 Å². The Morgan fingerprint density at radius 2 is 1.92 bits per heavy atom. The number of halogens is 3. The minimum atomic E-state index is -4.53. The first-order chi connectivity index (χ1) is 11.8. The van der Waals surface area contributed by atoms with Gasteiger partial charge in [0.25, 0.3) is 0 Å². The summed E-state index contributed by atoms with van der Waals surface area (Å²) >= 11 is 0. The van der Waals surface area contributed by atoms with Crippen LogP contribution in [-0.2, 0) is 19.1 Å². The van der Waals surface area contributed by atoms with Crippen LogP contribution < -0.4 is 4.90 Å². The third-order valence-corrected chi connectivity index (χ3v) is 3.97. The van der Waals surface area contributed by atoms with Crippen LogP contribution in [0.15, 0.2) is 30.6 Å². The highest BCUT2D eigenvalue weighted by molar-refractivity contribution is 5.48. The highest BCUT2D eigenvalue weighted by Gasteiger charge is 2.38. The van der Waals surface area contributed by atoms with Crippen LogP contribution in [0, 0.1) is 0 Å². The Morgan fingerprint density at radius 3 is 2.56 bits per heavy atom. The van der Waals surface area contributed by atoms with E-state index in [-0.39, 0.29) is 17.9 Å². The molecule has 0 fully saturated rings. The Kier molecular flexibility index (Phi) is 4.45. The van der Waals surface area contributed by atoms with Gasteiger partial charge in [-0.1, -0.05) is 13.3 Å². The molecule has 0 N–H and O–H groups in total. The number of hydrogen-bond donors (Lipinski definition) is 0. The summed E-state index contributed by atoms with van der Waals surface area (Å²) in [7, 11) is 3.58. The lowest BCUT2D eigenvalue weighted by atomic mass is 10.2. The van der Waals surface area contributed by atoms with Gasteiger partial charge in [-0.25, -0.2) is 9.50 Å². The van der Waals surface area contributed by atoms with Crippen LogP contribution >= 0.6 is 0 Å². The fraction of sp³-hybridized carbons (Fsp3) is 0.412. The third kappa shape index (κ3) is 3.47. The van der Waals surface area contributed by atoms with Crippen molar-refractivity contribution in [1.82, 2.24) is 19.2 Å². The molecule has 3 aromatic heterocycles. The molecule has 25 heavy (non-hydrogen) atoms. The van der Waals surface area contributed by atoms with E-state index in [4.69, 9.17) is 0 Å². The molecule has 0 aliphatic rings. The molecule has 3 heterocycles. The predicted octanol–water partition coefficient (Wildman–Crippen LogP) is 3.62. The lowest BCUT2D eigenvalue weighted by Crippen LogP contribution is -2.15. The second kappa shape index (κ2) is 6.42. The molecule has 0 unspecified atom stereocenters. The van der Waals surface area contributed by atoms with Gasteiger partial charge in [-0.05, 0) is 30.2 Å². The van der Waals surface area contributed by atoms with Crippen molar-refractivity contribution < 1.29 is 13.2 Å². The summed E-state index contributed by atoms with van der Waals surface area (Å²) in [4.78, 5) is 5.51. The number of aromatic nitrogens is 4. The monoisotopic (exact) mass is 351 g/mol. The fourth-order valence-corrected chi connectivity index (χ4v) is 2.78. The van der Waals surface area contributed by atoms with Gasteiger partial charge < -0.3 is 9.47 Å². The van der Waals surface area contributed by atoms with Crippen LogP contribution in [-0.4, -0.2) is 33.3 Å². The molecule has 0 saturated heterocycles. The van der Waals surface area contributed by atoms with Crippen molar-refractivity contribution in [2.75, 3.05) is 19.0 Å². The van der Waals surface area contributed by atoms with Crippen molar-refractivity contribution in [3.8, 4) is 0 Å². The second-order valence-corrected chi connectivity index (χ2v) is 6.20. The molecule has 134 valence electrons. The number of rotatable bonds is 5. The van der Waals surface area contributed by atoms with Crippen LogP contribution in [0.1, 0.15) is 30.3 Å². The number of aryl methyl sites for hydroxylation is 1. The van der Waals surface area contributed by atoms with Crippen LogP contribution in [0.25, 0.3) is 5.65 Å². The van der Waals surface area contributed by atoms with Crippen LogP contribution in [0.5, 0.6) is 0 Å². The summed E-state index contributed by atoms with van der Waals surface area (Å²) in [6.07, 6.45) is 1.02. The molecule has 3 rings (SSSR count). The second-order valence-electron chi connectivity index (χ2n) is 6.20. The largest absolute Gasteiger partial charge is 0.435 e. The van der Waals surface area contributed by atoms with E-state index in [1.807, 2.05) is 12.3 Å². The van der Waals surface area contributed by atoms with Gasteiger partial charge in [0.15, 0.2) is 11.3 Å². The molecule has 0 atom stereocenters. The minimum absolute atomic E-state index is 0.0323. The molecule has 0 saturated carbocycles. The lowest BCUT2D eigenvalue weighted by molar-refractivity contribution is -0.141. The van der Waals surface area contributed by atoms with Crippen molar-refractivity contribution in [3.63, 3.8) is 0 Å². The third-order valence-electron chi connectivity index (χ3n) is 3.97. The van der Waals surface area contributed by atoms with E-state index in [1.54, 1.807) is 41.9 Å². The maximum absolute atomic E-state index is 13.5. The number of fused-ring (bicyclic) bond motifs is 1. The summed E-state index contributed by atoms with van der Waals surface area (Å²) in [5, 5.41) is 4.31. The van der Waals surface area contributed by atoms with Gasteiger partial charge in [0.1, 0.15) is 5.82 Å². The van der Waals surface area contributed by atoms with Crippen LogP contribution in [0.3, 0.4) is 0 Å². The summed E-state index contributed by atoms with van der Waals surface area (Å²) in [5.74, 6) is 0.569. The van der Waals surface area contributed by atoms with E-state index >= 15 is 0 Å². The van der Waals surface area contributed by atoms with Crippen molar-refractivity contribution in [1.29, 1.82) is 0 Å². The first-order valence-electron chi connectivity index (χ1n) is 8.07. The molecule has 0 radical (unpaired) electrons. The summed E-state index contributed by atoms with van der Waals surface area (Å²) in [5.41, 5.74) is 0.437. The van der Waals surface area contributed by atoms with Gasteiger partial charge in [-0.2, -0.15) is 13.2 Å². The van der Waals surface area contributed by atoms with Gasteiger partial charge in [-0.3, -0.25) is 0 Å². The smallest absolute Gasteiger partial charge is 0.361 e. The Morgan fingerprint density at radius 1 is 1.16 bits per heavy atom. The van der Waals surface area contributed by atoms with Gasteiger partial charge in [0, 0.05) is 26.5 Å². The zero-order chi connectivity index (χ0) is 18.2. The van der Waals surface area contributed by atoms with E-state index in [1.165, 1.54) is 4.52 Å². The molecule has 0 spiro atoms. The maximum atomic E-state index is 13.5. The molecular formula is C17H20F3N5. The van der Waals surface area contributed by atoms with Crippen molar-refractivity contribution in [2.45, 2.75) is 32.5 Å². The quantitative estimate of drug-likeness (QED) is 0.705. The molecule has 0 amide bonds. The van der Waals surface area contributed by atoms with E-state index in [0.29, 0.717) is 5.82 Å². The highest BCUT2D eigenvalue weighted by Crippen LogP contribution is 2.32. The molecule has 0 bridgehead atoms. The number of imidazole rings is 1. The summed E-state index contributed by atoms with van der Waals surface area (Å²) in [6.45, 7) is 2.12. The standard InChI is InChI=1S/C17H20F3N5/c1-4-5-12-8-9-24(10-12)11-13-16(17(18,19)20)21-14-6-7-15(23(2)3)22-25(13)14/h6-10H,4-5,11H2,1-3H3. The molecule has 5 nitrogen and oxygen atoms in total. The van der Waals surface area contributed by atoms with Gasteiger partial charge in [0.2, 0.25) is 0 Å². The van der Waals surface area contributed by atoms with Crippen LogP contribution in [0.2, 0.25) is 0 Å². The maximum Gasteiger partial charge on any atom is 0.435 e. The first kappa shape index (κ1) is 17.3. The highest BCUT2D eigenvalue weighted by atomic mass is 19.4. The summed E-state index contributed by atoms with van der Waals surface area (Å²) in [6, 6.07) is 5.14. The van der Waals surface area contributed by atoms with E-state index in [9.17, 15) is 13.2 Å². The number of alkyl halides is 3. The molecule has 0 aliphatic heterocycles. The van der Waals surface area contributed by atoms with Crippen LogP contribution in [0.4, 0.5) is 19.0 Å². The molecule has 3 aromatic rings. The molecule has 0 aliphatic carbocycles. The average Bonchev–Trinajstić information content (AvgIpc) is 3.12. The topological polar surface area (TPSA) is 38.4 Å². The Labute approximate surface area is 143 Å². The number of anilines is 1. The Hall–Kier alpha value is -2.51. The van der Waals surface area contributed by atoms with Crippen molar-refractivity contribution in [3.05, 3.63) is 47.5 Å². The minimum Gasteiger partial charge on any atom is -0.361 e. The predicted molar refractivity (Wildman–Crippen MR) is 89.8 cm³/mol. The SMILES string of the molecule is CCCc1ccn(Cc2c(C(F)(F)F)nc3ccc(N(C)C)nn23)c1. The Balaban J connectivity index is 2.10. The van der Waals surface area contributed by atoms with Gasteiger partial charge in [0.05, 0.1) is 12.2 Å². The lowest BCUT2D eigenvalue weighted by Gasteiger charge is -2.12. The Bertz CT molecular complexity index is 876. The zero-order valence-electron chi connectivity index (χ0n) is 14.4. The van der Waals surface area contributed by atoms with Gasteiger partial charge in [-0.15, -0.1) is 5.10 Å². The number of nitrogens with zero attached hydrogens (tertiary/aromatic N) is 5.